The summed E-state index contributed by atoms with van der Waals surface area (Å²) in [6.45, 7) is 26.1. The molecule has 0 saturated heterocycles. The molecule has 8 aromatic carbocycles. The SMILES string of the molecule is C=C/C(C)=C(\c1ccccc1C)N(c1ccccc1)c1cc(C)cc(N(c2cccc(C)c2)c2cc(N(c3cccc(C)c3)c3ccc(C=C)c(-c4ccccc4C)c3)ccc2C)c1C. The van der Waals surface area contributed by atoms with Crippen molar-refractivity contribution in [1.82, 2.24) is 0 Å². The number of benzene rings is 8. The Morgan fingerprint density at radius 1 is 0.415 bits per heavy atom. The zero-order valence-corrected chi connectivity index (χ0v) is 39.2. The first-order chi connectivity index (χ1) is 31.5. The van der Waals surface area contributed by atoms with Crippen LogP contribution >= 0.6 is 0 Å². The highest BCUT2D eigenvalue weighted by molar-refractivity contribution is 5.95. The number of para-hydroxylation sites is 1. The molecule has 0 unspecified atom stereocenters. The first-order valence-electron chi connectivity index (χ1n) is 22.5. The topological polar surface area (TPSA) is 9.72 Å². The Bertz CT molecular complexity index is 3080. The number of hydrogen-bond acceptors (Lipinski definition) is 3. The molecule has 0 amide bonds. The molecule has 0 aromatic heterocycles. The van der Waals surface area contributed by atoms with Gasteiger partial charge >= 0.3 is 0 Å². The number of rotatable bonds is 13. The molecule has 8 rings (SSSR count). The van der Waals surface area contributed by atoms with Gasteiger partial charge in [-0.15, -0.1) is 0 Å². The predicted octanol–water partition coefficient (Wildman–Crippen LogP) is 17.9. The van der Waals surface area contributed by atoms with Gasteiger partial charge < -0.3 is 14.7 Å². The maximum Gasteiger partial charge on any atom is 0.0565 e. The average Bonchev–Trinajstić information content (AvgIpc) is 3.31. The summed E-state index contributed by atoms with van der Waals surface area (Å²) in [6, 6.07) is 63.9. The van der Waals surface area contributed by atoms with Crippen LogP contribution in [0.15, 0.2) is 201 Å². The molecule has 322 valence electrons. The number of nitrogens with zero attached hydrogens (tertiary/aromatic N) is 3. The third-order valence-corrected chi connectivity index (χ3v) is 12.5. The van der Waals surface area contributed by atoms with Gasteiger partial charge in [-0.05, 0) is 189 Å². The lowest BCUT2D eigenvalue weighted by Gasteiger charge is -2.35. The maximum atomic E-state index is 4.29. The summed E-state index contributed by atoms with van der Waals surface area (Å²) in [5, 5.41) is 0. The Labute approximate surface area is 387 Å². The highest BCUT2D eigenvalue weighted by atomic mass is 15.2. The first kappa shape index (κ1) is 44.0. The van der Waals surface area contributed by atoms with E-state index in [2.05, 4.69) is 259 Å². The summed E-state index contributed by atoms with van der Waals surface area (Å²) in [6.07, 6.45) is 3.94. The van der Waals surface area contributed by atoms with E-state index in [9.17, 15) is 0 Å². The van der Waals surface area contributed by atoms with Crippen molar-refractivity contribution in [1.29, 1.82) is 0 Å². The van der Waals surface area contributed by atoms with Gasteiger partial charge in [-0.25, -0.2) is 0 Å². The standard InChI is InChI=1S/C62H59N3/c1-11-45(6)62(57-31-19-17-25-47(57)8)65(51-26-14-13-15-27-51)61-39-44(5)38-60(49(61)10)64(53-29-21-23-43(4)37-53)59-41-55(34-32-48(59)9)63(52-28-20-22-42(3)36-52)54-35-33-50(12-2)58(40-54)56-30-18-16-24-46(56)7/h11-41H,1-2H2,3-10H3/b62-45+. The van der Waals surface area contributed by atoms with Crippen LogP contribution in [0.1, 0.15) is 57.0 Å². The van der Waals surface area contributed by atoms with Crippen molar-refractivity contribution in [3.63, 3.8) is 0 Å². The summed E-state index contributed by atoms with van der Waals surface area (Å²) < 4.78 is 0. The predicted molar refractivity (Wildman–Crippen MR) is 282 cm³/mol. The van der Waals surface area contributed by atoms with E-state index in [-0.39, 0.29) is 0 Å². The van der Waals surface area contributed by atoms with Crippen LogP contribution in [0.4, 0.5) is 45.5 Å². The van der Waals surface area contributed by atoms with Gasteiger partial charge in [0.15, 0.2) is 0 Å². The number of aryl methyl sites for hydroxylation is 6. The fourth-order valence-electron chi connectivity index (χ4n) is 9.03. The second kappa shape index (κ2) is 19.0. The molecular weight excluding hydrogens is 787 g/mol. The second-order valence-corrected chi connectivity index (χ2v) is 17.3. The smallest absolute Gasteiger partial charge is 0.0565 e. The molecule has 0 aliphatic carbocycles. The average molecular weight is 846 g/mol. The fraction of sp³-hybridized carbons (Fsp3) is 0.129. The number of hydrogen-bond donors (Lipinski definition) is 0. The van der Waals surface area contributed by atoms with E-state index in [1.165, 1.54) is 33.4 Å². The molecule has 3 heteroatoms. The fourth-order valence-corrected chi connectivity index (χ4v) is 9.03. The van der Waals surface area contributed by atoms with Crippen LogP contribution in [-0.2, 0) is 0 Å². The van der Waals surface area contributed by atoms with Crippen LogP contribution in [0.5, 0.6) is 0 Å². The Hall–Kier alpha value is -7.62. The van der Waals surface area contributed by atoms with E-state index in [4.69, 9.17) is 0 Å². The van der Waals surface area contributed by atoms with Gasteiger partial charge in [0.05, 0.1) is 22.8 Å². The van der Waals surface area contributed by atoms with Gasteiger partial charge in [0.2, 0.25) is 0 Å². The van der Waals surface area contributed by atoms with Crippen molar-refractivity contribution >= 4 is 57.3 Å². The van der Waals surface area contributed by atoms with E-state index >= 15 is 0 Å². The van der Waals surface area contributed by atoms with E-state index < -0.39 is 0 Å². The molecule has 0 aliphatic rings. The van der Waals surface area contributed by atoms with E-state index in [0.29, 0.717) is 0 Å². The van der Waals surface area contributed by atoms with Gasteiger partial charge in [-0.3, -0.25) is 0 Å². The molecule has 0 heterocycles. The lowest BCUT2D eigenvalue weighted by atomic mass is 9.95. The van der Waals surface area contributed by atoms with Crippen LogP contribution in [0.2, 0.25) is 0 Å². The van der Waals surface area contributed by atoms with Gasteiger partial charge in [0.25, 0.3) is 0 Å². The monoisotopic (exact) mass is 845 g/mol. The summed E-state index contributed by atoms with van der Waals surface area (Å²) in [5.74, 6) is 0. The van der Waals surface area contributed by atoms with Crippen molar-refractivity contribution in [2.45, 2.75) is 55.4 Å². The van der Waals surface area contributed by atoms with Crippen LogP contribution in [0.3, 0.4) is 0 Å². The number of allylic oxidation sites excluding steroid dienone is 2. The summed E-state index contributed by atoms with van der Waals surface area (Å²) in [4.78, 5) is 7.29. The van der Waals surface area contributed by atoms with Crippen LogP contribution in [-0.4, -0.2) is 0 Å². The molecule has 0 spiro atoms. The maximum absolute atomic E-state index is 4.29. The highest BCUT2D eigenvalue weighted by Crippen LogP contribution is 2.48. The molecule has 0 fully saturated rings. The van der Waals surface area contributed by atoms with Gasteiger partial charge in [-0.2, -0.15) is 0 Å². The molecule has 0 bridgehead atoms. The summed E-state index contributed by atoms with van der Waals surface area (Å²) >= 11 is 0. The Morgan fingerprint density at radius 3 is 1.63 bits per heavy atom. The molecule has 8 aromatic rings. The second-order valence-electron chi connectivity index (χ2n) is 17.3. The molecule has 65 heavy (non-hydrogen) atoms. The quantitative estimate of drug-likeness (QED) is 0.107. The summed E-state index contributed by atoms with van der Waals surface area (Å²) in [5.41, 5.74) is 23.7. The zero-order valence-electron chi connectivity index (χ0n) is 39.2. The third kappa shape index (κ3) is 8.96. The minimum atomic E-state index is 1.05. The molecule has 0 N–H and O–H groups in total. The number of anilines is 8. The Balaban J connectivity index is 1.39. The summed E-state index contributed by atoms with van der Waals surface area (Å²) in [7, 11) is 0. The van der Waals surface area contributed by atoms with E-state index in [1.807, 2.05) is 12.2 Å². The van der Waals surface area contributed by atoms with Crippen LogP contribution < -0.4 is 14.7 Å². The minimum absolute atomic E-state index is 1.05. The highest BCUT2D eigenvalue weighted by Gasteiger charge is 2.27. The van der Waals surface area contributed by atoms with Gasteiger partial charge in [0, 0.05) is 34.0 Å². The first-order valence-corrected chi connectivity index (χ1v) is 22.5. The molecule has 0 saturated carbocycles. The molecule has 0 radical (unpaired) electrons. The molecule has 3 nitrogen and oxygen atoms in total. The normalized spacial score (nSPS) is 11.4. The lowest BCUT2D eigenvalue weighted by molar-refractivity contribution is 1.17. The molecule has 0 aliphatic heterocycles. The molecule has 0 atom stereocenters. The van der Waals surface area contributed by atoms with Crippen molar-refractivity contribution < 1.29 is 0 Å². The van der Waals surface area contributed by atoms with Gasteiger partial charge in [-0.1, -0.05) is 128 Å². The van der Waals surface area contributed by atoms with Gasteiger partial charge in [0.1, 0.15) is 0 Å². The van der Waals surface area contributed by atoms with E-state index in [1.54, 1.807) is 0 Å². The Morgan fingerprint density at radius 2 is 0.985 bits per heavy atom. The zero-order chi connectivity index (χ0) is 45.8. The van der Waals surface area contributed by atoms with Crippen molar-refractivity contribution in [3.05, 3.63) is 251 Å². The van der Waals surface area contributed by atoms with Crippen LogP contribution in [0, 0.1) is 48.5 Å². The largest absolute Gasteiger partial charge is 0.310 e. The van der Waals surface area contributed by atoms with Crippen LogP contribution in [0.25, 0.3) is 22.9 Å². The minimum Gasteiger partial charge on any atom is -0.310 e. The van der Waals surface area contributed by atoms with Crippen molar-refractivity contribution in [2.24, 2.45) is 0 Å². The van der Waals surface area contributed by atoms with E-state index in [0.717, 1.165) is 84.6 Å². The third-order valence-electron chi connectivity index (χ3n) is 12.5. The lowest BCUT2D eigenvalue weighted by Crippen LogP contribution is -2.21. The van der Waals surface area contributed by atoms with Crippen molar-refractivity contribution in [3.8, 4) is 11.1 Å². The van der Waals surface area contributed by atoms with Crippen molar-refractivity contribution in [2.75, 3.05) is 14.7 Å². The molecular formula is C62H59N3. The Kier molecular flexibility index (Phi) is 12.9.